The van der Waals surface area contributed by atoms with Crippen LogP contribution in [0.15, 0.2) is 0 Å². The molecule has 0 aromatic heterocycles. The van der Waals surface area contributed by atoms with Crippen molar-refractivity contribution in [3.05, 3.63) is 0 Å². The summed E-state index contributed by atoms with van der Waals surface area (Å²) in [7, 11) is 0. The molecule has 0 radical (unpaired) electrons. The van der Waals surface area contributed by atoms with E-state index in [4.69, 9.17) is 16.7 Å². The van der Waals surface area contributed by atoms with Gasteiger partial charge in [-0.2, -0.15) is 0 Å². The van der Waals surface area contributed by atoms with Crippen molar-refractivity contribution in [1.82, 2.24) is 4.90 Å². The van der Waals surface area contributed by atoms with Crippen LogP contribution in [-0.2, 0) is 4.79 Å². The van der Waals surface area contributed by atoms with Crippen molar-refractivity contribution in [1.29, 1.82) is 0 Å². The SMILES string of the molecule is CC1CCCN(CC(Cl)C(=O)O)CC1. The Morgan fingerprint density at radius 3 is 2.93 bits per heavy atom. The Balaban J connectivity index is 2.33. The minimum Gasteiger partial charge on any atom is -0.480 e. The van der Waals surface area contributed by atoms with Gasteiger partial charge in [-0.3, -0.25) is 4.79 Å². The maximum absolute atomic E-state index is 10.6. The molecule has 1 saturated heterocycles. The highest BCUT2D eigenvalue weighted by Gasteiger charge is 2.20. The van der Waals surface area contributed by atoms with Crippen LogP contribution in [0.4, 0.5) is 0 Å². The van der Waals surface area contributed by atoms with Crippen LogP contribution < -0.4 is 0 Å². The highest BCUT2D eigenvalue weighted by molar-refractivity contribution is 6.29. The Hall–Kier alpha value is -0.280. The predicted molar refractivity (Wildman–Crippen MR) is 56.7 cm³/mol. The summed E-state index contributed by atoms with van der Waals surface area (Å²) in [4.78, 5) is 12.7. The molecule has 1 fully saturated rings. The summed E-state index contributed by atoms with van der Waals surface area (Å²) in [6.45, 7) is 4.70. The third-order valence-electron chi connectivity index (χ3n) is 2.80. The fraction of sp³-hybridized carbons (Fsp3) is 0.900. The smallest absolute Gasteiger partial charge is 0.322 e. The summed E-state index contributed by atoms with van der Waals surface area (Å²) < 4.78 is 0. The minimum atomic E-state index is -0.913. The zero-order valence-electron chi connectivity index (χ0n) is 8.58. The van der Waals surface area contributed by atoms with E-state index in [0.29, 0.717) is 6.54 Å². The molecule has 1 N–H and O–H groups in total. The number of nitrogens with zero attached hydrogens (tertiary/aromatic N) is 1. The number of carboxylic acids is 1. The van der Waals surface area contributed by atoms with E-state index in [0.717, 1.165) is 31.8 Å². The fourth-order valence-electron chi connectivity index (χ4n) is 1.81. The van der Waals surface area contributed by atoms with Gasteiger partial charge in [-0.1, -0.05) is 6.92 Å². The lowest BCUT2D eigenvalue weighted by atomic mass is 10.0. The van der Waals surface area contributed by atoms with Crippen LogP contribution in [0.3, 0.4) is 0 Å². The van der Waals surface area contributed by atoms with Gasteiger partial charge in [0.2, 0.25) is 0 Å². The molecule has 0 bridgehead atoms. The average molecular weight is 220 g/mol. The zero-order valence-corrected chi connectivity index (χ0v) is 9.33. The van der Waals surface area contributed by atoms with E-state index >= 15 is 0 Å². The first-order chi connectivity index (χ1) is 6.59. The largest absolute Gasteiger partial charge is 0.480 e. The van der Waals surface area contributed by atoms with Crippen LogP contribution in [0.5, 0.6) is 0 Å². The Labute approximate surface area is 90.0 Å². The Bertz CT molecular complexity index is 199. The number of carbonyl (C=O) groups is 1. The highest BCUT2D eigenvalue weighted by atomic mass is 35.5. The lowest BCUT2D eigenvalue weighted by molar-refractivity contribution is -0.136. The summed E-state index contributed by atoms with van der Waals surface area (Å²) >= 11 is 5.70. The van der Waals surface area contributed by atoms with Gasteiger partial charge in [-0.15, -0.1) is 11.6 Å². The van der Waals surface area contributed by atoms with E-state index in [-0.39, 0.29) is 0 Å². The maximum atomic E-state index is 10.6. The molecule has 1 heterocycles. The molecular formula is C10H18ClNO2. The molecule has 4 heteroatoms. The molecule has 3 nitrogen and oxygen atoms in total. The molecule has 0 aromatic carbocycles. The van der Waals surface area contributed by atoms with Crippen LogP contribution in [0.2, 0.25) is 0 Å². The van der Waals surface area contributed by atoms with Crippen molar-refractivity contribution in [2.24, 2.45) is 5.92 Å². The van der Waals surface area contributed by atoms with Gasteiger partial charge in [0.05, 0.1) is 0 Å². The number of rotatable bonds is 3. The number of likely N-dealkylation sites (tertiary alicyclic amines) is 1. The molecular weight excluding hydrogens is 202 g/mol. The third-order valence-corrected chi connectivity index (χ3v) is 3.12. The van der Waals surface area contributed by atoms with E-state index in [1.165, 1.54) is 6.42 Å². The molecule has 1 aliphatic heterocycles. The minimum absolute atomic E-state index is 0.476. The van der Waals surface area contributed by atoms with Crippen molar-refractivity contribution < 1.29 is 9.90 Å². The molecule has 1 aliphatic rings. The van der Waals surface area contributed by atoms with Gasteiger partial charge in [0, 0.05) is 6.54 Å². The van der Waals surface area contributed by atoms with Crippen molar-refractivity contribution in [2.45, 2.75) is 31.6 Å². The lowest BCUT2D eigenvalue weighted by Gasteiger charge is -2.20. The molecule has 82 valence electrons. The fourth-order valence-corrected chi connectivity index (χ4v) is 2.00. The molecule has 0 amide bonds. The van der Waals surface area contributed by atoms with Crippen molar-refractivity contribution in [3.8, 4) is 0 Å². The first-order valence-corrected chi connectivity index (χ1v) is 5.62. The number of carboxylic acid groups (broad SMARTS) is 1. The van der Waals surface area contributed by atoms with Crippen LogP contribution in [0.25, 0.3) is 0 Å². The topological polar surface area (TPSA) is 40.5 Å². The average Bonchev–Trinajstić information content (AvgIpc) is 2.31. The first kappa shape index (κ1) is 11.8. The summed E-state index contributed by atoms with van der Waals surface area (Å²) in [5, 5.41) is 7.92. The normalized spacial score (nSPS) is 26.9. The molecule has 0 aliphatic carbocycles. The Morgan fingerprint density at radius 1 is 1.57 bits per heavy atom. The van der Waals surface area contributed by atoms with Crippen molar-refractivity contribution >= 4 is 17.6 Å². The maximum Gasteiger partial charge on any atom is 0.322 e. The number of hydrogen-bond acceptors (Lipinski definition) is 2. The van der Waals surface area contributed by atoms with Crippen LogP contribution >= 0.6 is 11.6 Å². The second-order valence-corrected chi connectivity index (χ2v) is 4.67. The van der Waals surface area contributed by atoms with Crippen LogP contribution in [0, 0.1) is 5.92 Å². The van der Waals surface area contributed by atoms with Gasteiger partial charge >= 0.3 is 5.97 Å². The van der Waals surface area contributed by atoms with Crippen LogP contribution in [-0.4, -0.2) is 41.0 Å². The Morgan fingerprint density at radius 2 is 2.29 bits per heavy atom. The molecule has 1 rings (SSSR count). The molecule has 2 unspecified atom stereocenters. The third kappa shape index (κ3) is 3.84. The quantitative estimate of drug-likeness (QED) is 0.736. The van der Waals surface area contributed by atoms with Gasteiger partial charge in [-0.05, 0) is 38.3 Å². The van der Waals surface area contributed by atoms with Gasteiger partial charge in [-0.25, -0.2) is 0 Å². The van der Waals surface area contributed by atoms with Gasteiger partial charge in [0.15, 0.2) is 0 Å². The molecule has 14 heavy (non-hydrogen) atoms. The standard InChI is InChI=1S/C10H18ClNO2/c1-8-3-2-5-12(6-4-8)7-9(11)10(13)14/h8-9H,2-7H2,1H3,(H,13,14). The van der Waals surface area contributed by atoms with Gasteiger partial charge in [0.1, 0.15) is 5.38 Å². The summed E-state index contributed by atoms with van der Waals surface area (Å²) in [5.41, 5.74) is 0. The molecule has 2 atom stereocenters. The van der Waals surface area contributed by atoms with Crippen LogP contribution in [0.1, 0.15) is 26.2 Å². The summed E-state index contributed by atoms with van der Waals surface area (Å²) in [6.07, 6.45) is 3.56. The number of alkyl halides is 1. The van der Waals surface area contributed by atoms with Gasteiger partial charge in [0.25, 0.3) is 0 Å². The zero-order chi connectivity index (χ0) is 10.6. The first-order valence-electron chi connectivity index (χ1n) is 5.19. The van der Waals surface area contributed by atoms with E-state index in [9.17, 15) is 4.79 Å². The molecule has 0 aromatic rings. The van der Waals surface area contributed by atoms with E-state index in [1.54, 1.807) is 0 Å². The highest BCUT2D eigenvalue weighted by Crippen LogP contribution is 2.17. The lowest BCUT2D eigenvalue weighted by Crippen LogP contribution is -2.34. The summed E-state index contributed by atoms with van der Waals surface area (Å²) in [6, 6.07) is 0. The van der Waals surface area contributed by atoms with E-state index < -0.39 is 11.3 Å². The molecule has 0 saturated carbocycles. The Kier molecular flexibility index (Phi) is 4.69. The number of hydrogen-bond donors (Lipinski definition) is 1. The number of halogens is 1. The number of aliphatic carboxylic acids is 1. The van der Waals surface area contributed by atoms with Gasteiger partial charge < -0.3 is 10.0 Å². The van der Waals surface area contributed by atoms with Crippen molar-refractivity contribution in [3.63, 3.8) is 0 Å². The monoisotopic (exact) mass is 219 g/mol. The second kappa shape index (κ2) is 5.56. The molecule has 0 spiro atoms. The van der Waals surface area contributed by atoms with Crippen molar-refractivity contribution in [2.75, 3.05) is 19.6 Å². The predicted octanol–water partition coefficient (Wildman–Crippen LogP) is 1.80. The second-order valence-electron chi connectivity index (χ2n) is 4.14. The van der Waals surface area contributed by atoms with E-state index in [1.807, 2.05) is 0 Å². The summed E-state index contributed by atoms with van der Waals surface area (Å²) in [5.74, 6) is -0.150. The van der Waals surface area contributed by atoms with E-state index in [2.05, 4.69) is 11.8 Å².